The molecule has 1 amide bonds. The first-order valence-corrected chi connectivity index (χ1v) is 7.09. The highest BCUT2D eigenvalue weighted by molar-refractivity contribution is 7.99. The average molecular weight is 294 g/mol. The molecule has 0 unspecified atom stereocenters. The van der Waals surface area contributed by atoms with E-state index in [-0.39, 0.29) is 11.7 Å². The van der Waals surface area contributed by atoms with Gasteiger partial charge in [0, 0.05) is 0 Å². The Morgan fingerprint density at radius 3 is 2.85 bits per heavy atom. The first-order chi connectivity index (χ1) is 9.60. The van der Waals surface area contributed by atoms with Gasteiger partial charge in [-0.1, -0.05) is 30.8 Å². The van der Waals surface area contributed by atoms with Crippen LogP contribution in [-0.4, -0.2) is 33.8 Å². The first kappa shape index (κ1) is 14.4. The lowest BCUT2D eigenvalue weighted by Gasteiger charge is -2.11. The second kappa shape index (κ2) is 6.42. The molecule has 1 atom stereocenters. The van der Waals surface area contributed by atoms with Crippen molar-refractivity contribution in [1.29, 1.82) is 0 Å². The summed E-state index contributed by atoms with van der Waals surface area (Å²) in [4.78, 5) is 26.7. The van der Waals surface area contributed by atoms with Gasteiger partial charge in [0.05, 0.1) is 5.75 Å². The topological polar surface area (TPSA) is 92.4 Å². The first-order valence-electron chi connectivity index (χ1n) is 6.10. The van der Waals surface area contributed by atoms with Gasteiger partial charge in [-0.3, -0.25) is 4.79 Å². The summed E-state index contributed by atoms with van der Waals surface area (Å²) >= 11 is 1.14. The zero-order valence-corrected chi connectivity index (χ0v) is 11.6. The molecule has 0 saturated carbocycles. The molecular formula is C13H14N2O4S. The summed E-state index contributed by atoms with van der Waals surface area (Å²) in [6.07, 6.45) is 0.342. The van der Waals surface area contributed by atoms with Crippen molar-refractivity contribution in [2.24, 2.45) is 0 Å². The molecule has 6 nitrogen and oxygen atoms in total. The summed E-state index contributed by atoms with van der Waals surface area (Å²) in [5.41, 5.74) is 1.39. The number of fused-ring (bicyclic) bond motifs is 1. The number of rotatable bonds is 6. The fourth-order valence-electron chi connectivity index (χ4n) is 1.61. The SMILES string of the molecule is CC[C@@H](NC(=O)CSc1nc2ccccc2o1)C(=O)O. The number of aliphatic carboxylic acids is 1. The Morgan fingerprint density at radius 2 is 2.20 bits per heavy atom. The maximum absolute atomic E-state index is 11.6. The Kier molecular flexibility index (Phi) is 4.62. The molecule has 0 aliphatic carbocycles. The number of benzene rings is 1. The van der Waals surface area contributed by atoms with E-state index >= 15 is 0 Å². The average Bonchev–Trinajstić information content (AvgIpc) is 2.85. The molecule has 0 spiro atoms. The number of hydrogen-bond acceptors (Lipinski definition) is 5. The third-order valence-electron chi connectivity index (χ3n) is 2.64. The van der Waals surface area contributed by atoms with Gasteiger partial charge < -0.3 is 14.8 Å². The van der Waals surface area contributed by atoms with Gasteiger partial charge >= 0.3 is 5.97 Å². The number of para-hydroxylation sites is 2. The van der Waals surface area contributed by atoms with Crippen LogP contribution in [0.2, 0.25) is 0 Å². The quantitative estimate of drug-likeness (QED) is 0.790. The predicted molar refractivity (Wildman–Crippen MR) is 74.6 cm³/mol. The Labute approximate surface area is 119 Å². The molecule has 1 aromatic heterocycles. The molecule has 2 aromatic rings. The second-order valence-corrected chi connectivity index (χ2v) is 5.03. The van der Waals surface area contributed by atoms with Crippen LogP contribution in [0.1, 0.15) is 13.3 Å². The van der Waals surface area contributed by atoms with Crippen LogP contribution in [0.25, 0.3) is 11.1 Å². The number of oxazole rings is 1. The molecule has 0 aliphatic rings. The minimum atomic E-state index is -1.03. The highest BCUT2D eigenvalue weighted by atomic mass is 32.2. The van der Waals surface area contributed by atoms with Crippen molar-refractivity contribution in [3.8, 4) is 0 Å². The number of carboxylic acids is 1. The van der Waals surface area contributed by atoms with Crippen LogP contribution in [0.5, 0.6) is 0 Å². The molecule has 0 bridgehead atoms. The van der Waals surface area contributed by atoms with Gasteiger partial charge in [-0.15, -0.1) is 0 Å². The number of carboxylic acid groups (broad SMARTS) is 1. The molecule has 0 fully saturated rings. The predicted octanol–water partition coefficient (Wildman–Crippen LogP) is 1.90. The fraction of sp³-hybridized carbons (Fsp3) is 0.308. The molecule has 0 aliphatic heterocycles. The van der Waals surface area contributed by atoms with E-state index in [0.29, 0.717) is 17.2 Å². The Balaban J connectivity index is 1.91. The van der Waals surface area contributed by atoms with E-state index in [4.69, 9.17) is 9.52 Å². The highest BCUT2D eigenvalue weighted by Crippen LogP contribution is 2.22. The van der Waals surface area contributed by atoms with Gasteiger partial charge in [0.25, 0.3) is 5.22 Å². The standard InChI is InChI=1S/C13H14N2O4S/c1-2-8(12(17)18)14-11(16)7-20-13-15-9-5-3-4-6-10(9)19-13/h3-6,8H,2,7H2,1H3,(H,14,16)(H,17,18)/t8-/m1/s1. The molecular weight excluding hydrogens is 280 g/mol. The molecule has 20 heavy (non-hydrogen) atoms. The molecule has 7 heteroatoms. The van der Waals surface area contributed by atoms with Crippen molar-refractivity contribution >= 4 is 34.7 Å². The number of aromatic nitrogens is 1. The van der Waals surface area contributed by atoms with E-state index in [2.05, 4.69) is 10.3 Å². The van der Waals surface area contributed by atoms with Crippen LogP contribution in [0, 0.1) is 0 Å². The summed E-state index contributed by atoms with van der Waals surface area (Å²) in [6.45, 7) is 1.70. The number of hydrogen-bond donors (Lipinski definition) is 2. The summed E-state index contributed by atoms with van der Waals surface area (Å²) < 4.78 is 5.45. The van der Waals surface area contributed by atoms with E-state index in [9.17, 15) is 9.59 Å². The molecule has 0 saturated heterocycles. The molecule has 0 radical (unpaired) electrons. The van der Waals surface area contributed by atoms with Crippen molar-refractivity contribution < 1.29 is 19.1 Å². The Morgan fingerprint density at radius 1 is 1.45 bits per heavy atom. The number of carbonyl (C=O) groups excluding carboxylic acids is 1. The minimum Gasteiger partial charge on any atom is -0.480 e. The van der Waals surface area contributed by atoms with Crippen LogP contribution in [0.3, 0.4) is 0 Å². The van der Waals surface area contributed by atoms with Crippen LogP contribution >= 0.6 is 11.8 Å². The zero-order valence-electron chi connectivity index (χ0n) is 10.8. The second-order valence-electron chi connectivity index (χ2n) is 4.10. The smallest absolute Gasteiger partial charge is 0.326 e. The van der Waals surface area contributed by atoms with Gasteiger partial charge in [0.2, 0.25) is 5.91 Å². The van der Waals surface area contributed by atoms with E-state index in [0.717, 1.165) is 17.3 Å². The van der Waals surface area contributed by atoms with Gasteiger partial charge in [-0.25, -0.2) is 9.78 Å². The van der Waals surface area contributed by atoms with E-state index in [1.807, 2.05) is 18.2 Å². The maximum atomic E-state index is 11.6. The minimum absolute atomic E-state index is 0.0661. The van der Waals surface area contributed by atoms with Gasteiger partial charge in [0.15, 0.2) is 5.58 Å². The molecule has 1 aromatic carbocycles. The van der Waals surface area contributed by atoms with Crippen molar-refractivity contribution in [3.05, 3.63) is 24.3 Å². The van der Waals surface area contributed by atoms with E-state index < -0.39 is 12.0 Å². The number of nitrogens with one attached hydrogen (secondary N) is 1. The molecule has 2 rings (SSSR count). The molecule has 106 valence electrons. The van der Waals surface area contributed by atoms with Crippen molar-refractivity contribution in [2.75, 3.05) is 5.75 Å². The largest absolute Gasteiger partial charge is 0.480 e. The van der Waals surface area contributed by atoms with E-state index in [1.165, 1.54) is 0 Å². The number of amides is 1. The van der Waals surface area contributed by atoms with Crippen LogP contribution in [0.15, 0.2) is 33.9 Å². The van der Waals surface area contributed by atoms with E-state index in [1.54, 1.807) is 13.0 Å². The van der Waals surface area contributed by atoms with Crippen LogP contribution < -0.4 is 5.32 Å². The summed E-state index contributed by atoms with van der Waals surface area (Å²) in [7, 11) is 0. The fourth-order valence-corrected chi connectivity index (χ4v) is 2.26. The maximum Gasteiger partial charge on any atom is 0.326 e. The summed E-state index contributed by atoms with van der Waals surface area (Å²) in [6, 6.07) is 6.45. The third kappa shape index (κ3) is 3.51. The van der Waals surface area contributed by atoms with Crippen molar-refractivity contribution in [1.82, 2.24) is 10.3 Å². The number of nitrogens with zero attached hydrogens (tertiary/aromatic N) is 1. The van der Waals surface area contributed by atoms with Crippen LogP contribution in [0.4, 0.5) is 0 Å². The number of carbonyl (C=O) groups is 2. The lowest BCUT2D eigenvalue weighted by Crippen LogP contribution is -2.41. The van der Waals surface area contributed by atoms with Crippen molar-refractivity contribution in [3.63, 3.8) is 0 Å². The molecule has 1 heterocycles. The number of thioether (sulfide) groups is 1. The van der Waals surface area contributed by atoms with Gasteiger partial charge in [0.1, 0.15) is 11.6 Å². The summed E-state index contributed by atoms with van der Waals surface area (Å²) in [5.74, 6) is -1.32. The van der Waals surface area contributed by atoms with Gasteiger partial charge in [-0.2, -0.15) is 0 Å². The summed E-state index contributed by atoms with van der Waals surface area (Å²) in [5, 5.41) is 11.7. The third-order valence-corrected chi connectivity index (χ3v) is 3.47. The van der Waals surface area contributed by atoms with Crippen molar-refractivity contribution in [2.45, 2.75) is 24.6 Å². The Hall–Kier alpha value is -2.02. The zero-order chi connectivity index (χ0) is 14.5. The lowest BCUT2D eigenvalue weighted by atomic mass is 10.2. The highest BCUT2D eigenvalue weighted by Gasteiger charge is 2.18. The Bertz CT molecular complexity index is 593. The monoisotopic (exact) mass is 294 g/mol. The molecule has 2 N–H and O–H groups in total. The normalized spacial score (nSPS) is 12.2. The van der Waals surface area contributed by atoms with Gasteiger partial charge in [-0.05, 0) is 18.6 Å². The lowest BCUT2D eigenvalue weighted by molar-refractivity contribution is -0.141. The van der Waals surface area contributed by atoms with Crippen LogP contribution in [-0.2, 0) is 9.59 Å².